The van der Waals surface area contributed by atoms with Crippen molar-refractivity contribution in [2.24, 2.45) is 0 Å². The van der Waals surface area contributed by atoms with Crippen molar-refractivity contribution in [3.8, 4) is 28.4 Å². The Morgan fingerprint density at radius 3 is 2.15 bits per heavy atom. The Kier molecular flexibility index (Phi) is 7.75. The maximum Gasteiger partial charge on any atom is 0.573 e. The summed E-state index contributed by atoms with van der Waals surface area (Å²) in [6, 6.07) is 18.1. The summed E-state index contributed by atoms with van der Waals surface area (Å²) in [5, 5.41) is 3.19. The lowest BCUT2D eigenvalue weighted by Crippen LogP contribution is -2.33. The molecule has 11 heteroatoms. The van der Waals surface area contributed by atoms with Gasteiger partial charge < -0.3 is 19.5 Å². The van der Waals surface area contributed by atoms with Gasteiger partial charge in [0.15, 0.2) is 0 Å². The van der Waals surface area contributed by atoms with E-state index in [-0.39, 0.29) is 11.5 Å². The lowest BCUT2D eigenvalue weighted by molar-refractivity contribution is -0.274. The zero-order valence-electron chi connectivity index (χ0n) is 17.3. The van der Waals surface area contributed by atoms with Gasteiger partial charge in [-0.2, -0.15) is 17.6 Å². The molecule has 0 fully saturated rings. The van der Waals surface area contributed by atoms with Gasteiger partial charge in [0.1, 0.15) is 23.9 Å². The maximum atomic E-state index is 12.3. The van der Waals surface area contributed by atoms with Crippen LogP contribution < -0.4 is 19.5 Å². The number of nitrogens with one attached hydrogen (secondary N) is 1. The third-order valence-electron chi connectivity index (χ3n) is 4.31. The lowest BCUT2D eigenvalue weighted by atomic mass is 10.0. The number of rotatable bonds is 5. The largest absolute Gasteiger partial charge is 0.573 e. The van der Waals surface area contributed by atoms with E-state index in [2.05, 4.69) is 14.8 Å². The molecule has 0 saturated heterocycles. The Bertz CT molecular complexity index is 1080. The average Bonchev–Trinajstić information content (AvgIpc) is 2.78. The van der Waals surface area contributed by atoms with Gasteiger partial charge >= 0.3 is 18.9 Å². The van der Waals surface area contributed by atoms with E-state index in [9.17, 15) is 30.7 Å². The van der Waals surface area contributed by atoms with E-state index < -0.39 is 18.9 Å². The smallest absolute Gasteiger partial charge is 0.489 e. The zero-order valence-corrected chi connectivity index (χ0v) is 17.3. The van der Waals surface area contributed by atoms with Gasteiger partial charge in [0, 0.05) is 12.1 Å². The Labute approximate surface area is 189 Å². The molecule has 34 heavy (non-hydrogen) atoms. The van der Waals surface area contributed by atoms with Gasteiger partial charge in [0.25, 0.3) is 0 Å². The fourth-order valence-corrected chi connectivity index (χ4v) is 2.95. The van der Waals surface area contributed by atoms with Gasteiger partial charge in [0.2, 0.25) is 0 Å². The van der Waals surface area contributed by atoms with E-state index in [0.29, 0.717) is 24.5 Å². The molecule has 3 aromatic rings. The molecule has 4 rings (SSSR count). The summed E-state index contributed by atoms with van der Waals surface area (Å²) >= 11 is 0. The number of fused-ring (bicyclic) bond motifs is 1. The highest BCUT2D eigenvalue weighted by Crippen LogP contribution is 2.39. The van der Waals surface area contributed by atoms with Crippen molar-refractivity contribution in [3.63, 3.8) is 0 Å². The second-order valence-electron chi connectivity index (χ2n) is 6.81. The highest BCUT2D eigenvalue weighted by atomic mass is 19.4. The minimum Gasteiger partial charge on any atom is -0.489 e. The molecular formula is C23H18F7NO3. The van der Waals surface area contributed by atoms with Crippen LogP contribution in [0.25, 0.3) is 11.1 Å². The molecule has 1 N–H and O–H groups in total. The molecule has 0 aliphatic carbocycles. The first-order valence-electron chi connectivity index (χ1n) is 9.81. The Hall–Kier alpha value is -3.63. The Balaban J connectivity index is 0.000000215. The number of halogens is 7. The highest BCUT2D eigenvalue weighted by Gasteiger charge is 2.43. The monoisotopic (exact) mass is 489 g/mol. The van der Waals surface area contributed by atoms with Gasteiger partial charge in [-0.15, -0.1) is 13.2 Å². The van der Waals surface area contributed by atoms with Crippen molar-refractivity contribution in [3.05, 3.63) is 72.8 Å². The number of alkyl halides is 7. The second kappa shape index (κ2) is 10.5. The van der Waals surface area contributed by atoms with Crippen LogP contribution in [0.2, 0.25) is 0 Å². The number of ether oxygens (including phenoxy) is 3. The van der Waals surface area contributed by atoms with E-state index in [1.54, 1.807) is 18.2 Å². The maximum absolute atomic E-state index is 12.3. The molecule has 1 heterocycles. The SMILES string of the molecule is FC(F)(F)Oc1cccc(-c2cccc3c2OCCN3)c1.FC(F)C(F)(F)Oc1ccccc1. The number of para-hydroxylation sites is 2. The Morgan fingerprint density at radius 1 is 0.794 bits per heavy atom. The van der Waals surface area contributed by atoms with Gasteiger partial charge in [0.05, 0.1) is 5.69 Å². The number of benzene rings is 3. The topological polar surface area (TPSA) is 39.7 Å². The van der Waals surface area contributed by atoms with Crippen molar-refractivity contribution < 1.29 is 44.9 Å². The van der Waals surface area contributed by atoms with E-state index in [4.69, 9.17) is 4.74 Å². The third-order valence-corrected chi connectivity index (χ3v) is 4.31. The van der Waals surface area contributed by atoms with Crippen LogP contribution in [-0.4, -0.2) is 32.0 Å². The molecule has 0 unspecified atom stereocenters. The normalized spacial score (nSPS) is 13.1. The fraction of sp³-hybridized carbons (Fsp3) is 0.217. The molecule has 0 spiro atoms. The van der Waals surface area contributed by atoms with Crippen LogP contribution >= 0.6 is 0 Å². The lowest BCUT2D eigenvalue weighted by Gasteiger charge is -2.22. The second-order valence-corrected chi connectivity index (χ2v) is 6.81. The first kappa shape index (κ1) is 25.0. The van der Waals surface area contributed by atoms with Crippen molar-refractivity contribution in [2.75, 3.05) is 18.5 Å². The summed E-state index contributed by atoms with van der Waals surface area (Å²) in [6.07, 6.45) is -13.0. The van der Waals surface area contributed by atoms with E-state index in [1.165, 1.54) is 42.5 Å². The van der Waals surface area contributed by atoms with Crippen LogP contribution in [0.1, 0.15) is 0 Å². The van der Waals surface area contributed by atoms with Crippen LogP contribution in [0.15, 0.2) is 72.8 Å². The molecule has 4 nitrogen and oxygen atoms in total. The van der Waals surface area contributed by atoms with Gasteiger partial charge in [-0.25, -0.2) is 0 Å². The molecule has 1 aliphatic rings. The third kappa shape index (κ3) is 6.93. The molecular weight excluding hydrogens is 471 g/mol. The van der Waals surface area contributed by atoms with Crippen LogP contribution in [0, 0.1) is 0 Å². The summed E-state index contributed by atoms with van der Waals surface area (Å²) in [6.45, 7) is 1.22. The van der Waals surface area contributed by atoms with Crippen LogP contribution in [0.5, 0.6) is 17.2 Å². The fourth-order valence-electron chi connectivity index (χ4n) is 2.95. The van der Waals surface area contributed by atoms with Crippen LogP contribution in [0.3, 0.4) is 0 Å². The predicted octanol–water partition coefficient (Wildman–Crippen LogP) is 6.98. The number of hydrogen-bond donors (Lipinski definition) is 1. The summed E-state index contributed by atoms with van der Waals surface area (Å²) in [5.41, 5.74) is 2.17. The molecule has 182 valence electrons. The predicted molar refractivity (Wildman–Crippen MR) is 111 cm³/mol. The van der Waals surface area contributed by atoms with E-state index in [1.807, 2.05) is 12.1 Å². The zero-order chi connectivity index (χ0) is 24.8. The quantitative estimate of drug-likeness (QED) is 0.393. The summed E-state index contributed by atoms with van der Waals surface area (Å²) < 4.78 is 98.0. The molecule has 1 aliphatic heterocycles. The van der Waals surface area contributed by atoms with Crippen molar-refractivity contribution in [1.82, 2.24) is 0 Å². The number of hydrogen-bond acceptors (Lipinski definition) is 4. The molecule has 0 bridgehead atoms. The van der Waals surface area contributed by atoms with Crippen LogP contribution in [-0.2, 0) is 0 Å². The first-order chi connectivity index (χ1) is 16.0. The molecule has 0 atom stereocenters. The van der Waals surface area contributed by atoms with E-state index >= 15 is 0 Å². The molecule has 0 amide bonds. The van der Waals surface area contributed by atoms with Crippen molar-refractivity contribution in [1.29, 1.82) is 0 Å². The standard InChI is InChI=1S/C15H12F3NO2.C8H6F4O/c16-15(17,18)21-11-4-1-3-10(9-11)12-5-2-6-13-14(12)20-8-7-19-13;9-7(10)8(11,12)13-6-4-2-1-3-5-6/h1-6,9,19H,7-8H2;1-5,7H. The minimum atomic E-state index is -4.70. The first-order valence-corrected chi connectivity index (χ1v) is 9.81. The van der Waals surface area contributed by atoms with Gasteiger partial charge in [-0.05, 0) is 35.9 Å². The summed E-state index contributed by atoms with van der Waals surface area (Å²) in [7, 11) is 0. The van der Waals surface area contributed by atoms with E-state index in [0.717, 1.165) is 11.3 Å². The summed E-state index contributed by atoms with van der Waals surface area (Å²) in [4.78, 5) is 0. The van der Waals surface area contributed by atoms with Crippen molar-refractivity contribution >= 4 is 5.69 Å². The molecule has 0 aromatic heterocycles. The average molecular weight is 489 g/mol. The van der Waals surface area contributed by atoms with Crippen LogP contribution in [0.4, 0.5) is 36.4 Å². The minimum absolute atomic E-state index is 0.249. The molecule has 0 radical (unpaired) electrons. The highest BCUT2D eigenvalue weighted by molar-refractivity contribution is 5.79. The van der Waals surface area contributed by atoms with Gasteiger partial charge in [-0.3, -0.25) is 0 Å². The van der Waals surface area contributed by atoms with Crippen molar-refractivity contribution in [2.45, 2.75) is 18.9 Å². The molecule has 3 aromatic carbocycles. The van der Waals surface area contributed by atoms with Gasteiger partial charge in [-0.1, -0.05) is 42.5 Å². The number of anilines is 1. The Morgan fingerprint density at radius 2 is 1.47 bits per heavy atom. The molecule has 0 saturated carbocycles. The summed E-state index contributed by atoms with van der Waals surface area (Å²) in [5.74, 6) is 0.113.